The molecule has 6 N–H and O–H groups in total. The van der Waals surface area contributed by atoms with Crippen LogP contribution >= 0.6 is 0 Å². The molecule has 2 aliphatic heterocycles. The predicted molar refractivity (Wildman–Crippen MR) is 130 cm³/mol. The van der Waals surface area contributed by atoms with Gasteiger partial charge in [-0.25, -0.2) is 0 Å². The first-order valence-corrected chi connectivity index (χ1v) is 10.9. The van der Waals surface area contributed by atoms with Gasteiger partial charge < -0.3 is 34.4 Å². The van der Waals surface area contributed by atoms with Crippen LogP contribution in [0.25, 0.3) is 0 Å². The van der Waals surface area contributed by atoms with Crippen molar-refractivity contribution >= 4 is 34.6 Å². The minimum absolute atomic E-state index is 0. The summed E-state index contributed by atoms with van der Waals surface area (Å²) < 4.78 is 77.3. The molecule has 2 heterocycles. The van der Waals surface area contributed by atoms with Crippen molar-refractivity contribution in [2.45, 2.75) is 12.4 Å². The van der Waals surface area contributed by atoms with Crippen LogP contribution in [0.15, 0.2) is 36.4 Å². The summed E-state index contributed by atoms with van der Waals surface area (Å²) in [6.07, 6.45) is -9.18. The standard InChI is InChI=1S/C11H10F3N3O3.C11H12F3N3O.CH3.Pd/c12-11(13,14)8-3-7(17(19)20)1-2-9(8)16-4-6(5-16)10(15)18;12-11(13,14)8-3-7(15)1-2-9(8)17-4-6(5-17)10(16)18;;/h1-3,6H,4-5H2,(H2,15,18);1-3,6H,4-5,15H2,(H2,16,18);1H3;/q;;-1;. The van der Waals surface area contributed by atoms with Crippen molar-refractivity contribution in [3.8, 4) is 0 Å². The second-order valence-electron chi connectivity index (χ2n) is 8.74. The molecular weight excluding hydrogens is 645 g/mol. The second-order valence-corrected chi connectivity index (χ2v) is 8.74. The van der Waals surface area contributed by atoms with Crippen LogP contribution < -0.4 is 27.0 Å². The fraction of sp³-hybridized carbons (Fsp3) is 0.348. The number of nitro groups is 1. The zero-order valence-corrected chi connectivity index (χ0v) is 22.3. The van der Waals surface area contributed by atoms with Gasteiger partial charge in [-0.1, -0.05) is 0 Å². The number of anilines is 3. The molecule has 2 amide bonds. The third-order valence-corrected chi connectivity index (χ3v) is 6.07. The van der Waals surface area contributed by atoms with Crippen LogP contribution in [-0.4, -0.2) is 42.9 Å². The summed E-state index contributed by atoms with van der Waals surface area (Å²) in [6, 6.07) is 6.15. The first-order valence-electron chi connectivity index (χ1n) is 10.9. The molecule has 0 aromatic heterocycles. The summed E-state index contributed by atoms with van der Waals surface area (Å²) in [5, 5.41) is 10.5. The number of carbonyl (C=O) groups excluding carboxylic acids is 2. The molecule has 0 saturated carbocycles. The molecule has 0 unspecified atom stereocenters. The molecule has 224 valence electrons. The van der Waals surface area contributed by atoms with Gasteiger partial charge in [0.25, 0.3) is 5.69 Å². The van der Waals surface area contributed by atoms with Crippen molar-refractivity contribution in [1.82, 2.24) is 0 Å². The Kier molecular flexibility index (Phi) is 11.0. The number of alkyl halides is 6. The molecule has 17 heteroatoms. The van der Waals surface area contributed by atoms with E-state index in [1.54, 1.807) is 0 Å². The second kappa shape index (κ2) is 12.7. The number of nitrogens with zero attached hydrogens (tertiary/aromatic N) is 3. The third kappa shape index (κ3) is 7.75. The van der Waals surface area contributed by atoms with E-state index < -0.39 is 51.8 Å². The van der Waals surface area contributed by atoms with Crippen LogP contribution in [0.3, 0.4) is 0 Å². The number of carbonyl (C=O) groups is 2. The molecule has 0 aliphatic carbocycles. The molecule has 2 fully saturated rings. The maximum Gasteiger partial charge on any atom is 0.418 e. The Morgan fingerprint density at radius 3 is 1.52 bits per heavy atom. The predicted octanol–water partition coefficient (Wildman–Crippen LogP) is 3.19. The summed E-state index contributed by atoms with van der Waals surface area (Å²) in [5.41, 5.74) is 12.9. The molecule has 0 atom stereocenters. The smallest absolute Gasteiger partial charge is 0.399 e. The molecule has 4 rings (SSSR count). The molecule has 10 nitrogen and oxygen atoms in total. The fourth-order valence-corrected chi connectivity index (χ4v) is 3.91. The molecule has 0 spiro atoms. The number of hydrogen-bond acceptors (Lipinski definition) is 7. The third-order valence-electron chi connectivity index (χ3n) is 6.07. The Morgan fingerprint density at radius 2 is 1.18 bits per heavy atom. The zero-order chi connectivity index (χ0) is 28.6. The summed E-state index contributed by atoms with van der Waals surface area (Å²) in [4.78, 5) is 34.2. The van der Waals surface area contributed by atoms with E-state index in [1.807, 2.05) is 0 Å². The Balaban J connectivity index is 0.000000383. The van der Waals surface area contributed by atoms with Crippen molar-refractivity contribution in [3.05, 3.63) is 65.1 Å². The number of non-ortho nitro benzene ring substituents is 1. The van der Waals surface area contributed by atoms with Crippen molar-refractivity contribution in [3.63, 3.8) is 0 Å². The molecule has 2 aliphatic rings. The number of benzene rings is 2. The molecule has 40 heavy (non-hydrogen) atoms. The number of nitrogen functional groups attached to an aromatic ring is 1. The summed E-state index contributed by atoms with van der Waals surface area (Å²) in [7, 11) is 0. The van der Waals surface area contributed by atoms with Gasteiger partial charge in [-0.2, -0.15) is 26.3 Å². The Bertz CT molecular complexity index is 1250. The minimum Gasteiger partial charge on any atom is -0.399 e. The van der Waals surface area contributed by atoms with Crippen LogP contribution in [0.2, 0.25) is 0 Å². The van der Waals surface area contributed by atoms with Crippen LogP contribution in [0.5, 0.6) is 0 Å². The van der Waals surface area contributed by atoms with Gasteiger partial charge in [0.1, 0.15) is 0 Å². The van der Waals surface area contributed by atoms with Gasteiger partial charge in [-0.05, 0) is 24.3 Å². The number of halogens is 6. The average Bonchev–Trinajstić information content (AvgIpc) is 2.71. The van der Waals surface area contributed by atoms with E-state index in [9.17, 15) is 46.0 Å². The van der Waals surface area contributed by atoms with Crippen molar-refractivity contribution < 1.29 is 61.3 Å². The monoisotopic (exact) mass is 669 g/mol. The Labute approximate surface area is 238 Å². The van der Waals surface area contributed by atoms with Crippen LogP contribution in [-0.2, 0) is 42.4 Å². The van der Waals surface area contributed by atoms with E-state index >= 15 is 0 Å². The summed E-state index contributed by atoms with van der Waals surface area (Å²) in [5.74, 6) is -1.94. The number of rotatable bonds is 5. The van der Waals surface area contributed by atoms with Gasteiger partial charge in [0, 0.05) is 75.8 Å². The van der Waals surface area contributed by atoms with E-state index in [1.165, 1.54) is 21.9 Å². The molecule has 2 aromatic carbocycles. The molecule has 2 saturated heterocycles. The number of primary amides is 2. The van der Waals surface area contributed by atoms with E-state index in [2.05, 4.69) is 0 Å². The number of nitrogens with two attached hydrogens (primary N) is 3. The SMILES string of the molecule is NC(=O)C1CN(c2ccc(N)cc2C(F)(F)F)C1.NC(=O)C1CN(c2ccc([N+](=O)[O-])cc2C(F)(F)F)C1.[CH3-].[Pd]. The topological polar surface area (TPSA) is 162 Å². The van der Waals surface area contributed by atoms with Gasteiger partial charge in [0.05, 0.1) is 27.9 Å². The molecular formula is C23H25F6N6O4Pd-. The first-order chi connectivity index (χ1) is 17.5. The van der Waals surface area contributed by atoms with Gasteiger partial charge in [0.15, 0.2) is 0 Å². The van der Waals surface area contributed by atoms with Gasteiger partial charge >= 0.3 is 12.4 Å². The maximum atomic E-state index is 12.9. The molecule has 2 aromatic rings. The van der Waals surface area contributed by atoms with Gasteiger partial charge in [-0.15, -0.1) is 0 Å². The number of amides is 2. The maximum absolute atomic E-state index is 12.9. The molecule has 0 radical (unpaired) electrons. The van der Waals surface area contributed by atoms with Crippen LogP contribution in [0.4, 0.5) is 49.1 Å². The van der Waals surface area contributed by atoms with E-state index in [0.29, 0.717) is 6.07 Å². The largest absolute Gasteiger partial charge is 0.418 e. The fourth-order valence-electron chi connectivity index (χ4n) is 3.91. The van der Waals surface area contributed by atoms with E-state index in [4.69, 9.17) is 17.2 Å². The van der Waals surface area contributed by atoms with Crippen molar-refractivity contribution in [2.75, 3.05) is 41.7 Å². The zero-order valence-electron chi connectivity index (χ0n) is 20.7. The van der Waals surface area contributed by atoms with Crippen molar-refractivity contribution in [2.24, 2.45) is 23.3 Å². The minimum atomic E-state index is -4.71. The average molecular weight is 670 g/mol. The Morgan fingerprint density at radius 1 is 0.800 bits per heavy atom. The normalized spacial score (nSPS) is 15.3. The number of nitro benzene ring substituents is 1. The molecule has 0 bridgehead atoms. The summed E-state index contributed by atoms with van der Waals surface area (Å²) in [6.45, 7) is 0.580. The van der Waals surface area contributed by atoms with E-state index in [-0.39, 0.29) is 77.0 Å². The Hall–Kier alpha value is -3.58. The van der Waals surface area contributed by atoms with E-state index in [0.717, 1.165) is 18.2 Å². The summed E-state index contributed by atoms with van der Waals surface area (Å²) >= 11 is 0. The van der Waals surface area contributed by atoms with Gasteiger partial charge in [-0.3, -0.25) is 19.7 Å². The first kappa shape index (κ1) is 34.4. The quantitative estimate of drug-likeness (QED) is 0.110. The van der Waals surface area contributed by atoms with Gasteiger partial charge in [0.2, 0.25) is 11.8 Å². The van der Waals surface area contributed by atoms with Crippen molar-refractivity contribution in [1.29, 1.82) is 0 Å². The number of hydrogen-bond donors (Lipinski definition) is 3. The van der Waals surface area contributed by atoms with Crippen LogP contribution in [0, 0.1) is 29.4 Å². The van der Waals surface area contributed by atoms with Crippen LogP contribution in [0.1, 0.15) is 11.1 Å².